The molecule has 0 radical (unpaired) electrons. The number of carboxylic acid groups (broad SMARTS) is 1. The Balaban J connectivity index is 1.83. The van der Waals surface area contributed by atoms with Crippen LogP contribution in [-0.2, 0) is 34.0 Å². The van der Waals surface area contributed by atoms with Gasteiger partial charge in [-0.2, -0.15) is 0 Å². The van der Waals surface area contributed by atoms with Crippen molar-refractivity contribution in [2.45, 2.75) is 36.1 Å². The van der Waals surface area contributed by atoms with Crippen LogP contribution in [0.1, 0.15) is 32.9 Å². The van der Waals surface area contributed by atoms with E-state index in [9.17, 15) is 27.5 Å². The number of hydrogen-bond donors (Lipinski definition) is 2. The van der Waals surface area contributed by atoms with Gasteiger partial charge in [0.05, 0.1) is 15.4 Å². The fourth-order valence-electron chi connectivity index (χ4n) is 4.18. The minimum atomic E-state index is -3.93. The molecule has 2 aromatic carbocycles. The lowest BCUT2D eigenvalue weighted by Gasteiger charge is -2.16. The summed E-state index contributed by atoms with van der Waals surface area (Å²) in [6.45, 7) is 1.86. The fraction of sp³-hybridized carbons (Fsp3) is 0.217. The summed E-state index contributed by atoms with van der Waals surface area (Å²) in [7, 11) is -3.93. The first-order valence-electron chi connectivity index (χ1n) is 9.99. The molecule has 0 fully saturated rings. The van der Waals surface area contributed by atoms with Crippen LogP contribution in [0.15, 0.2) is 58.3 Å². The zero-order valence-corrected chi connectivity index (χ0v) is 18.1. The van der Waals surface area contributed by atoms with E-state index in [-0.39, 0.29) is 28.7 Å². The van der Waals surface area contributed by atoms with Crippen LogP contribution in [0.3, 0.4) is 0 Å². The van der Waals surface area contributed by atoms with Crippen molar-refractivity contribution in [2.75, 3.05) is 6.54 Å². The van der Waals surface area contributed by atoms with Crippen LogP contribution in [-0.4, -0.2) is 36.5 Å². The number of rotatable bonds is 6. The van der Waals surface area contributed by atoms with E-state index in [4.69, 9.17) is 0 Å². The minimum Gasteiger partial charge on any atom is -0.480 e. The number of hydrogen-bond acceptors (Lipinski definition) is 4. The lowest BCUT2D eigenvalue weighted by Crippen LogP contribution is -2.33. The van der Waals surface area contributed by atoms with Crippen molar-refractivity contribution in [1.82, 2.24) is 9.88 Å². The number of aromatic nitrogens is 1. The summed E-state index contributed by atoms with van der Waals surface area (Å²) in [6.07, 6.45) is 0.621. The Kier molecular flexibility index (Phi) is 5.60. The molecule has 3 aromatic rings. The van der Waals surface area contributed by atoms with Crippen molar-refractivity contribution in [2.24, 2.45) is 0 Å². The third kappa shape index (κ3) is 3.80. The van der Waals surface area contributed by atoms with Crippen LogP contribution in [0.2, 0.25) is 0 Å². The van der Waals surface area contributed by atoms with Gasteiger partial charge in [-0.05, 0) is 48.4 Å². The number of carbonyl (C=O) groups excluding carboxylic acids is 1. The smallest absolute Gasteiger partial charge is 0.323 e. The Morgan fingerprint density at radius 1 is 1.16 bits per heavy atom. The normalized spacial score (nSPS) is 13.5. The van der Waals surface area contributed by atoms with Crippen LogP contribution in [0.4, 0.5) is 4.39 Å². The van der Waals surface area contributed by atoms with Gasteiger partial charge < -0.3 is 15.0 Å². The number of amides is 1. The number of sulfone groups is 1. The molecule has 9 heteroatoms. The van der Waals surface area contributed by atoms with Crippen molar-refractivity contribution >= 4 is 21.7 Å². The summed E-state index contributed by atoms with van der Waals surface area (Å²) in [5, 5.41) is 12.1. The predicted octanol–water partition coefficient (Wildman–Crippen LogP) is 2.73. The molecule has 0 spiro atoms. The molecular weight excluding hydrogens is 435 g/mol. The summed E-state index contributed by atoms with van der Waals surface area (Å²) < 4.78 is 41.4. The van der Waals surface area contributed by atoms with E-state index in [0.29, 0.717) is 41.0 Å². The van der Waals surface area contributed by atoms with Gasteiger partial charge in [-0.1, -0.05) is 18.2 Å². The van der Waals surface area contributed by atoms with Gasteiger partial charge in [-0.3, -0.25) is 9.59 Å². The van der Waals surface area contributed by atoms with E-state index in [1.165, 1.54) is 18.2 Å². The first-order chi connectivity index (χ1) is 15.2. The number of aliphatic carboxylic acids is 1. The molecule has 1 amide bonds. The molecule has 2 heterocycles. The van der Waals surface area contributed by atoms with Gasteiger partial charge in [-0.15, -0.1) is 0 Å². The molecular formula is C23H21FN2O5S. The highest BCUT2D eigenvalue weighted by molar-refractivity contribution is 7.91. The number of nitrogens with zero attached hydrogens (tertiary/aromatic N) is 1. The van der Waals surface area contributed by atoms with Crippen molar-refractivity contribution in [3.63, 3.8) is 0 Å². The Morgan fingerprint density at radius 3 is 2.53 bits per heavy atom. The average molecular weight is 456 g/mol. The van der Waals surface area contributed by atoms with Crippen LogP contribution in [0.25, 0.3) is 0 Å². The molecule has 32 heavy (non-hydrogen) atoms. The Morgan fingerprint density at radius 2 is 1.84 bits per heavy atom. The van der Waals surface area contributed by atoms with E-state index < -0.39 is 21.6 Å². The Bertz CT molecular complexity index is 1330. The van der Waals surface area contributed by atoms with E-state index >= 15 is 0 Å². The molecule has 0 atom stereocenters. The molecule has 0 unspecified atom stereocenters. The third-order valence-electron chi connectivity index (χ3n) is 5.68. The summed E-state index contributed by atoms with van der Waals surface area (Å²) in [6, 6.07) is 11.1. The standard InChI is InChI=1S/C23H21FN2O5S/c1-14-18(22-19(10-11-25-23(22)29)26(14)13-21(27)28)12-15-4-2-3-5-20(15)32(30,31)17-8-6-16(24)7-9-17/h2-9H,10-13H2,1H3,(H,25,29)(H,27,28). The molecule has 0 aliphatic carbocycles. The van der Waals surface area contributed by atoms with Crippen molar-refractivity contribution < 1.29 is 27.5 Å². The topological polar surface area (TPSA) is 105 Å². The van der Waals surface area contributed by atoms with E-state index in [2.05, 4.69) is 5.32 Å². The minimum absolute atomic E-state index is 0.0358. The largest absolute Gasteiger partial charge is 0.480 e. The number of fused-ring (bicyclic) bond motifs is 1. The SMILES string of the molecule is Cc1c(Cc2ccccc2S(=O)(=O)c2ccc(F)cc2)c2c(n1CC(=O)O)CCNC2=O. The molecule has 1 aliphatic rings. The second-order valence-electron chi connectivity index (χ2n) is 7.61. The number of carboxylic acids is 1. The highest BCUT2D eigenvalue weighted by Gasteiger charge is 2.30. The Labute approximate surface area is 184 Å². The first-order valence-corrected chi connectivity index (χ1v) is 11.5. The van der Waals surface area contributed by atoms with Gasteiger partial charge in [-0.25, -0.2) is 12.8 Å². The molecule has 1 aromatic heterocycles. The molecule has 1 aliphatic heterocycles. The lowest BCUT2D eigenvalue weighted by molar-refractivity contribution is -0.137. The lowest BCUT2D eigenvalue weighted by atomic mass is 9.97. The maximum Gasteiger partial charge on any atom is 0.323 e. The summed E-state index contributed by atoms with van der Waals surface area (Å²) >= 11 is 0. The fourth-order valence-corrected chi connectivity index (χ4v) is 5.67. The highest BCUT2D eigenvalue weighted by atomic mass is 32.2. The molecule has 7 nitrogen and oxygen atoms in total. The van der Waals surface area contributed by atoms with E-state index in [1.54, 1.807) is 29.7 Å². The summed E-state index contributed by atoms with van der Waals surface area (Å²) in [4.78, 5) is 24.1. The number of halogens is 1. The molecule has 2 N–H and O–H groups in total. The monoisotopic (exact) mass is 456 g/mol. The van der Waals surface area contributed by atoms with Crippen molar-refractivity contribution in [1.29, 1.82) is 0 Å². The molecule has 4 rings (SSSR count). The predicted molar refractivity (Wildman–Crippen MR) is 114 cm³/mol. The second kappa shape index (κ2) is 8.23. The molecule has 0 saturated carbocycles. The number of carbonyl (C=O) groups is 2. The number of nitrogens with one attached hydrogen (secondary N) is 1. The molecule has 0 bridgehead atoms. The average Bonchev–Trinajstić information content (AvgIpc) is 3.01. The first kappa shape index (κ1) is 21.8. The maximum absolute atomic E-state index is 13.3. The zero-order valence-electron chi connectivity index (χ0n) is 17.3. The Hall–Kier alpha value is -3.46. The number of benzene rings is 2. The third-order valence-corrected chi connectivity index (χ3v) is 7.55. The van der Waals surface area contributed by atoms with Crippen LogP contribution < -0.4 is 5.32 Å². The van der Waals surface area contributed by atoms with Gasteiger partial charge in [0.25, 0.3) is 5.91 Å². The van der Waals surface area contributed by atoms with Gasteiger partial charge >= 0.3 is 5.97 Å². The maximum atomic E-state index is 13.3. The van der Waals surface area contributed by atoms with Gasteiger partial charge in [0.15, 0.2) is 0 Å². The van der Waals surface area contributed by atoms with Crippen LogP contribution in [0.5, 0.6) is 0 Å². The second-order valence-corrected chi connectivity index (χ2v) is 9.53. The summed E-state index contributed by atoms with van der Waals surface area (Å²) in [5.74, 6) is -1.86. The zero-order chi connectivity index (χ0) is 23.0. The quantitative estimate of drug-likeness (QED) is 0.555. The highest BCUT2D eigenvalue weighted by Crippen LogP contribution is 2.31. The van der Waals surface area contributed by atoms with Crippen LogP contribution in [0, 0.1) is 12.7 Å². The van der Waals surface area contributed by atoms with Gasteiger partial charge in [0.2, 0.25) is 9.84 Å². The molecule has 166 valence electrons. The van der Waals surface area contributed by atoms with Crippen molar-refractivity contribution in [3.8, 4) is 0 Å². The van der Waals surface area contributed by atoms with Gasteiger partial charge in [0.1, 0.15) is 12.4 Å². The van der Waals surface area contributed by atoms with E-state index in [1.807, 2.05) is 0 Å². The van der Waals surface area contributed by atoms with Gasteiger partial charge in [0, 0.05) is 30.8 Å². The van der Waals surface area contributed by atoms with E-state index in [0.717, 1.165) is 12.1 Å². The van der Waals surface area contributed by atoms with Crippen LogP contribution >= 0.6 is 0 Å². The summed E-state index contributed by atoms with van der Waals surface area (Å²) in [5.41, 5.74) is 2.73. The van der Waals surface area contributed by atoms with Crippen molar-refractivity contribution in [3.05, 3.63) is 82.4 Å². The molecule has 0 saturated heterocycles.